The third-order valence-corrected chi connectivity index (χ3v) is 3.25. The molecule has 0 amide bonds. The van der Waals surface area contributed by atoms with Crippen molar-refractivity contribution in [3.63, 3.8) is 0 Å². The van der Waals surface area contributed by atoms with Gasteiger partial charge in [-0.05, 0) is 30.9 Å². The topological polar surface area (TPSA) is 95.0 Å². The van der Waals surface area contributed by atoms with Crippen LogP contribution in [-0.4, -0.2) is 40.8 Å². The van der Waals surface area contributed by atoms with Crippen molar-refractivity contribution < 1.29 is 10.3 Å². The van der Waals surface area contributed by atoms with Gasteiger partial charge in [-0.1, -0.05) is 5.16 Å². The van der Waals surface area contributed by atoms with Gasteiger partial charge in [0.1, 0.15) is 5.69 Å². The number of nitrogens with zero attached hydrogens (tertiary/aromatic N) is 3. The lowest BCUT2D eigenvalue weighted by atomic mass is 9.98. The SMILES string of the molecule is N/C(=N/O)c1ncccc1N1CCCC(CO)C1. The molecule has 1 fully saturated rings. The lowest BCUT2D eigenvalue weighted by Crippen LogP contribution is -2.38. The van der Waals surface area contributed by atoms with E-state index >= 15 is 0 Å². The summed E-state index contributed by atoms with van der Waals surface area (Å²) in [5.74, 6) is 0.288. The predicted molar refractivity (Wildman–Crippen MR) is 68.8 cm³/mol. The number of aliphatic hydroxyl groups excluding tert-OH is 1. The zero-order valence-corrected chi connectivity index (χ0v) is 10.2. The Kier molecular flexibility index (Phi) is 3.99. The highest BCUT2D eigenvalue weighted by molar-refractivity contribution is 6.00. The molecule has 6 heteroatoms. The van der Waals surface area contributed by atoms with Crippen molar-refractivity contribution in [3.05, 3.63) is 24.0 Å². The summed E-state index contributed by atoms with van der Waals surface area (Å²) in [6.07, 6.45) is 3.67. The average molecular weight is 250 g/mol. The van der Waals surface area contributed by atoms with E-state index in [1.165, 1.54) is 0 Å². The molecule has 1 aliphatic heterocycles. The van der Waals surface area contributed by atoms with Gasteiger partial charge in [0.25, 0.3) is 0 Å². The summed E-state index contributed by atoms with van der Waals surface area (Å²) in [6, 6.07) is 3.73. The smallest absolute Gasteiger partial charge is 0.190 e. The van der Waals surface area contributed by atoms with Gasteiger partial charge >= 0.3 is 0 Å². The maximum atomic E-state index is 9.25. The summed E-state index contributed by atoms with van der Waals surface area (Å²) in [7, 11) is 0. The minimum Gasteiger partial charge on any atom is -0.409 e. The normalized spacial score (nSPS) is 21.1. The van der Waals surface area contributed by atoms with E-state index in [1.807, 2.05) is 12.1 Å². The maximum Gasteiger partial charge on any atom is 0.190 e. The van der Waals surface area contributed by atoms with E-state index < -0.39 is 0 Å². The first-order chi connectivity index (χ1) is 8.76. The van der Waals surface area contributed by atoms with Gasteiger partial charge in [0.2, 0.25) is 0 Å². The Hall–Kier alpha value is -1.82. The number of pyridine rings is 1. The van der Waals surface area contributed by atoms with Gasteiger partial charge in [-0.25, -0.2) is 0 Å². The highest BCUT2D eigenvalue weighted by Crippen LogP contribution is 2.24. The van der Waals surface area contributed by atoms with E-state index in [0.29, 0.717) is 5.69 Å². The third kappa shape index (κ3) is 2.53. The molecule has 1 aromatic heterocycles. The third-order valence-electron chi connectivity index (χ3n) is 3.25. The Bertz CT molecular complexity index is 436. The zero-order valence-electron chi connectivity index (χ0n) is 10.2. The van der Waals surface area contributed by atoms with E-state index in [0.717, 1.165) is 31.6 Å². The van der Waals surface area contributed by atoms with Crippen LogP contribution in [0.1, 0.15) is 18.5 Å². The molecule has 18 heavy (non-hydrogen) atoms. The maximum absolute atomic E-state index is 9.25. The molecule has 0 saturated carbocycles. The van der Waals surface area contributed by atoms with Crippen LogP contribution in [0, 0.1) is 5.92 Å². The second kappa shape index (κ2) is 5.68. The van der Waals surface area contributed by atoms with Crippen LogP contribution in [0.3, 0.4) is 0 Å². The molecule has 1 unspecified atom stereocenters. The van der Waals surface area contributed by atoms with Crippen LogP contribution in [0.4, 0.5) is 5.69 Å². The molecule has 2 heterocycles. The summed E-state index contributed by atoms with van der Waals surface area (Å²) in [5, 5.41) is 21.0. The van der Waals surface area contributed by atoms with Gasteiger partial charge < -0.3 is 20.9 Å². The van der Waals surface area contributed by atoms with Crippen LogP contribution < -0.4 is 10.6 Å². The fraction of sp³-hybridized carbons (Fsp3) is 0.500. The molecule has 0 aliphatic carbocycles. The molecule has 0 spiro atoms. The Morgan fingerprint density at radius 1 is 1.61 bits per heavy atom. The average Bonchev–Trinajstić information content (AvgIpc) is 2.46. The molecule has 98 valence electrons. The van der Waals surface area contributed by atoms with E-state index in [2.05, 4.69) is 15.0 Å². The summed E-state index contributed by atoms with van der Waals surface area (Å²) in [4.78, 5) is 6.29. The largest absolute Gasteiger partial charge is 0.409 e. The molecule has 1 saturated heterocycles. The van der Waals surface area contributed by atoms with Gasteiger partial charge in [0, 0.05) is 25.9 Å². The number of amidine groups is 1. The summed E-state index contributed by atoms with van der Waals surface area (Å²) in [6.45, 7) is 1.86. The Balaban J connectivity index is 2.27. The van der Waals surface area contributed by atoms with Crippen LogP contribution in [0.5, 0.6) is 0 Å². The standard InChI is InChI=1S/C12H18N4O2/c13-12(15-18)11-10(4-1-5-14-11)16-6-2-3-9(7-16)8-17/h1,4-5,9,17-18H,2-3,6-8H2,(H2,13,15). The first kappa shape index (κ1) is 12.6. The molecule has 2 rings (SSSR count). The molecular formula is C12H18N4O2. The summed E-state index contributed by atoms with van der Waals surface area (Å²) < 4.78 is 0. The summed E-state index contributed by atoms with van der Waals surface area (Å²) >= 11 is 0. The quantitative estimate of drug-likeness (QED) is 0.312. The van der Waals surface area contributed by atoms with Crippen LogP contribution in [-0.2, 0) is 0 Å². The van der Waals surface area contributed by atoms with Gasteiger partial charge in [-0.3, -0.25) is 4.98 Å². The molecule has 1 aromatic rings. The zero-order chi connectivity index (χ0) is 13.0. The Morgan fingerprint density at radius 3 is 3.17 bits per heavy atom. The molecule has 1 aliphatic rings. The Morgan fingerprint density at radius 2 is 2.44 bits per heavy atom. The van der Waals surface area contributed by atoms with Crippen LogP contribution in [0.15, 0.2) is 23.5 Å². The predicted octanol–water partition coefficient (Wildman–Crippen LogP) is 0.385. The number of oxime groups is 1. The molecule has 1 atom stereocenters. The lowest BCUT2D eigenvalue weighted by molar-refractivity contribution is 0.208. The van der Waals surface area contributed by atoms with Crippen molar-refractivity contribution in [1.82, 2.24) is 4.98 Å². The van der Waals surface area contributed by atoms with E-state index in [4.69, 9.17) is 10.9 Å². The second-order valence-electron chi connectivity index (χ2n) is 4.49. The highest BCUT2D eigenvalue weighted by Gasteiger charge is 2.22. The molecule has 0 radical (unpaired) electrons. The van der Waals surface area contributed by atoms with Crippen LogP contribution in [0.25, 0.3) is 0 Å². The van der Waals surface area contributed by atoms with Crippen molar-refractivity contribution in [3.8, 4) is 0 Å². The number of aromatic nitrogens is 1. The van der Waals surface area contributed by atoms with Crippen molar-refractivity contribution in [2.75, 3.05) is 24.6 Å². The first-order valence-corrected chi connectivity index (χ1v) is 6.05. The summed E-state index contributed by atoms with van der Waals surface area (Å²) in [5.41, 5.74) is 6.97. The van der Waals surface area contributed by atoms with Crippen molar-refractivity contribution in [2.45, 2.75) is 12.8 Å². The molecule has 4 N–H and O–H groups in total. The number of anilines is 1. The molecule has 0 aromatic carbocycles. The van der Waals surface area contributed by atoms with Crippen molar-refractivity contribution in [1.29, 1.82) is 0 Å². The number of aliphatic hydroxyl groups is 1. The van der Waals surface area contributed by atoms with Gasteiger partial charge in [0.05, 0.1) is 5.69 Å². The fourth-order valence-electron chi connectivity index (χ4n) is 2.33. The lowest BCUT2D eigenvalue weighted by Gasteiger charge is -2.34. The number of hydrogen-bond acceptors (Lipinski definition) is 5. The molecule has 0 bridgehead atoms. The fourth-order valence-corrected chi connectivity index (χ4v) is 2.33. The van der Waals surface area contributed by atoms with E-state index in [9.17, 15) is 5.11 Å². The monoisotopic (exact) mass is 250 g/mol. The molecule has 6 nitrogen and oxygen atoms in total. The van der Waals surface area contributed by atoms with Gasteiger partial charge in [-0.15, -0.1) is 0 Å². The second-order valence-corrected chi connectivity index (χ2v) is 4.49. The van der Waals surface area contributed by atoms with Crippen LogP contribution in [0.2, 0.25) is 0 Å². The van der Waals surface area contributed by atoms with E-state index in [-0.39, 0.29) is 18.4 Å². The number of hydrogen-bond donors (Lipinski definition) is 3. The Labute approximate surface area is 106 Å². The van der Waals surface area contributed by atoms with Crippen LogP contribution >= 0.6 is 0 Å². The van der Waals surface area contributed by atoms with Gasteiger partial charge in [0.15, 0.2) is 5.84 Å². The van der Waals surface area contributed by atoms with E-state index in [1.54, 1.807) is 6.20 Å². The first-order valence-electron chi connectivity index (χ1n) is 6.05. The minimum atomic E-state index is 0.0109. The molecular weight excluding hydrogens is 232 g/mol. The highest BCUT2D eigenvalue weighted by atomic mass is 16.4. The number of nitrogens with two attached hydrogens (primary N) is 1. The van der Waals surface area contributed by atoms with Crippen molar-refractivity contribution >= 4 is 11.5 Å². The number of piperidine rings is 1. The minimum absolute atomic E-state index is 0.0109. The van der Waals surface area contributed by atoms with Gasteiger partial charge in [-0.2, -0.15) is 0 Å². The number of rotatable bonds is 3. The van der Waals surface area contributed by atoms with Crippen molar-refractivity contribution in [2.24, 2.45) is 16.8 Å².